The molecule has 6 heteroatoms. The minimum atomic E-state index is -0.360. The third-order valence-electron chi connectivity index (χ3n) is 3.26. The number of hydrogen-bond donors (Lipinski definition) is 2. The van der Waals surface area contributed by atoms with E-state index in [-0.39, 0.29) is 11.9 Å². The highest BCUT2D eigenvalue weighted by Gasteiger charge is 2.19. The van der Waals surface area contributed by atoms with Crippen molar-refractivity contribution in [3.8, 4) is 11.3 Å². The van der Waals surface area contributed by atoms with E-state index in [4.69, 9.17) is 5.73 Å². The Bertz CT molecular complexity index is 620. The van der Waals surface area contributed by atoms with E-state index >= 15 is 0 Å². The number of nitrogens with two attached hydrogens (primary N) is 1. The summed E-state index contributed by atoms with van der Waals surface area (Å²) >= 11 is 0. The van der Waals surface area contributed by atoms with Crippen LogP contribution < -0.4 is 11.1 Å². The summed E-state index contributed by atoms with van der Waals surface area (Å²) in [5, 5.41) is 2.93. The van der Waals surface area contributed by atoms with Crippen molar-refractivity contribution < 1.29 is 4.79 Å². The van der Waals surface area contributed by atoms with Crippen LogP contribution in [0.2, 0.25) is 0 Å². The summed E-state index contributed by atoms with van der Waals surface area (Å²) in [5.74, 6) is 0.803. The Morgan fingerprint density at radius 1 is 1.43 bits per heavy atom. The molecule has 21 heavy (non-hydrogen) atoms. The zero-order valence-corrected chi connectivity index (χ0v) is 12.6. The van der Waals surface area contributed by atoms with E-state index < -0.39 is 0 Å². The van der Waals surface area contributed by atoms with Gasteiger partial charge in [-0.2, -0.15) is 0 Å². The van der Waals surface area contributed by atoms with Crippen LogP contribution in [0.4, 0.5) is 5.82 Å². The Hall–Kier alpha value is -2.37. The standard InChI is InChI=1S/C15H21N5O/c1-10(2)7-19-15(21)11(3)20-9-17-8-13(20)12-5-4-6-18-14(12)16/h4-6,8-11H,7H2,1-3H3,(H2,16,18)(H,19,21). The summed E-state index contributed by atoms with van der Waals surface area (Å²) in [6, 6.07) is 3.32. The fourth-order valence-electron chi connectivity index (χ4n) is 2.03. The number of pyridine rings is 1. The van der Waals surface area contributed by atoms with Gasteiger partial charge in [-0.1, -0.05) is 13.8 Å². The number of hydrogen-bond acceptors (Lipinski definition) is 4. The van der Waals surface area contributed by atoms with Gasteiger partial charge in [-0.3, -0.25) is 4.79 Å². The molecular formula is C15H21N5O. The smallest absolute Gasteiger partial charge is 0.242 e. The molecule has 0 saturated carbocycles. The number of amides is 1. The van der Waals surface area contributed by atoms with E-state index in [1.54, 1.807) is 18.7 Å². The molecule has 2 heterocycles. The lowest BCUT2D eigenvalue weighted by atomic mass is 10.1. The second kappa shape index (κ2) is 6.39. The summed E-state index contributed by atoms with van der Waals surface area (Å²) in [5.41, 5.74) is 7.46. The molecule has 0 saturated heterocycles. The molecule has 2 rings (SSSR count). The number of aromatic nitrogens is 3. The molecule has 112 valence electrons. The van der Waals surface area contributed by atoms with Crippen LogP contribution in [0.15, 0.2) is 30.9 Å². The molecular weight excluding hydrogens is 266 g/mol. The van der Waals surface area contributed by atoms with Crippen LogP contribution in [0.1, 0.15) is 26.8 Å². The molecule has 0 aliphatic heterocycles. The van der Waals surface area contributed by atoms with Crippen LogP contribution in [-0.4, -0.2) is 27.0 Å². The zero-order chi connectivity index (χ0) is 15.4. The Morgan fingerprint density at radius 2 is 2.19 bits per heavy atom. The van der Waals surface area contributed by atoms with Crippen molar-refractivity contribution in [2.75, 3.05) is 12.3 Å². The monoisotopic (exact) mass is 287 g/mol. The molecule has 6 nitrogen and oxygen atoms in total. The fraction of sp³-hybridized carbons (Fsp3) is 0.400. The molecule has 3 N–H and O–H groups in total. The van der Waals surface area contributed by atoms with E-state index in [1.165, 1.54) is 0 Å². The molecule has 0 spiro atoms. The van der Waals surface area contributed by atoms with Crippen molar-refractivity contribution in [1.29, 1.82) is 0 Å². The highest BCUT2D eigenvalue weighted by atomic mass is 16.2. The number of anilines is 1. The van der Waals surface area contributed by atoms with E-state index in [0.29, 0.717) is 18.3 Å². The number of rotatable bonds is 5. The molecule has 1 amide bonds. The lowest BCUT2D eigenvalue weighted by Crippen LogP contribution is -2.33. The van der Waals surface area contributed by atoms with Gasteiger partial charge in [-0.15, -0.1) is 0 Å². The van der Waals surface area contributed by atoms with Crippen molar-refractivity contribution in [3.63, 3.8) is 0 Å². The Balaban J connectivity index is 2.24. The van der Waals surface area contributed by atoms with E-state index in [2.05, 4.69) is 29.1 Å². The molecule has 0 bridgehead atoms. The summed E-state index contributed by atoms with van der Waals surface area (Å²) in [4.78, 5) is 20.4. The van der Waals surface area contributed by atoms with Gasteiger partial charge in [0.1, 0.15) is 11.9 Å². The predicted octanol–water partition coefficient (Wildman–Crippen LogP) is 1.86. The van der Waals surface area contributed by atoms with Crippen LogP contribution in [-0.2, 0) is 4.79 Å². The average molecular weight is 287 g/mol. The van der Waals surface area contributed by atoms with Crippen LogP contribution in [0, 0.1) is 5.92 Å². The topological polar surface area (TPSA) is 85.8 Å². The predicted molar refractivity (Wildman–Crippen MR) is 82.4 cm³/mol. The Labute approximate surface area is 124 Å². The van der Waals surface area contributed by atoms with Gasteiger partial charge in [0.05, 0.1) is 18.2 Å². The van der Waals surface area contributed by atoms with Crippen molar-refractivity contribution >= 4 is 11.7 Å². The molecule has 0 aromatic carbocycles. The first kappa shape index (κ1) is 15.0. The summed E-state index contributed by atoms with van der Waals surface area (Å²) in [6.45, 7) is 6.61. The molecule has 0 radical (unpaired) electrons. The summed E-state index contributed by atoms with van der Waals surface area (Å²) in [7, 11) is 0. The molecule has 2 aromatic heterocycles. The quantitative estimate of drug-likeness (QED) is 0.879. The fourth-order valence-corrected chi connectivity index (χ4v) is 2.03. The van der Waals surface area contributed by atoms with Crippen molar-refractivity contribution in [3.05, 3.63) is 30.9 Å². The largest absolute Gasteiger partial charge is 0.383 e. The number of carbonyl (C=O) groups is 1. The van der Waals surface area contributed by atoms with Crippen LogP contribution >= 0.6 is 0 Å². The molecule has 0 fully saturated rings. The third-order valence-corrected chi connectivity index (χ3v) is 3.26. The maximum absolute atomic E-state index is 12.2. The summed E-state index contributed by atoms with van der Waals surface area (Å²) < 4.78 is 1.81. The number of nitrogens with zero attached hydrogens (tertiary/aromatic N) is 3. The van der Waals surface area contributed by atoms with E-state index in [9.17, 15) is 4.79 Å². The van der Waals surface area contributed by atoms with Gasteiger partial charge in [0.25, 0.3) is 0 Å². The minimum Gasteiger partial charge on any atom is -0.383 e. The molecule has 0 aliphatic rings. The number of nitrogens with one attached hydrogen (secondary N) is 1. The second-order valence-corrected chi connectivity index (χ2v) is 5.44. The Kier molecular flexibility index (Phi) is 4.57. The van der Waals surface area contributed by atoms with Crippen molar-refractivity contribution in [2.45, 2.75) is 26.8 Å². The third kappa shape index (κ3) is 3.39. The molecule has 0 aliphatic carbocycles. The van der Waals surface area contributed by atoms with Crippen LogP contribution in [0.25, 0.3) is 11.3 Å². The minimum absolute atomic E-state index is 0.0367. The average Bonchev–Trinajstić information content (AvgIpc) is 2.93. The lowest BCUT2D eigenvalue weighted by Gasteiger charge is -2.17. The van der Waals surface area contributed by atoms with Gasteiger partial charge < -0.3 is 15.6 Å². The highest BCUT2D eigenvalue weighted by molar-refractivity contribution is 5.81. The number of nitrogen functional groups attached to an aromatic ring is 1. The van der Waals surface area contributed by atoms with E-state index in [1.807, 2.05) is 23.6 Å². The maximum Gasteiger partial charge on any atom is 0.242 e. The van der Waals surface area contributed by atoms with Crippen LogP contribution in [0.3, 0.4) is 0 Å². The normalized spacial score (nSPS) is 12.4. The number of imidazole rings is 1. The van der Waals surface area contributed by atoms with Crippen LogP contribution in [0.5, 0.6) is 0 Å². The molecule has 2 aromatic rings. The lowest BCUT2D eigenvalue weighted by molar-refractivity contribution is -0.124. The first-order chi connectivity index (χ1) is 10.0. The molecule has 1 atom stereocenters. The van der Waals surface area contributed by atoms with Gasteiger partial charge >= 0.3 is 0 Å². The Morgan fingerprint density at radius 3 is 2.86 bits per heavy atom. The second-order valence-electron chi connectivity index (χ2n) is 5.44. The first-order valence-electron chi connectivity index (χ1n) is 7.01. The SMILES string of the molecule is CC(C)CNC(=O)C(C)n1cncc1-c1cccnc1N. The van der Waals surface area contributed by atoms with Gasteiger partial charge in [-0.25, -0.2) is 9.97 Å². The first-order valence-corrected chi connectivity index (χ1v) is 7.01. The van der Waals surface area contributed by atoms with Gasteiger partial charge in [0, 0.05) is 18.3 Å². The van der Waals surface area contributed by atoms with Crippen molar-refractivity contribution in [1.82, 2.24) is 19.9 Å². The van der Waals surface area contributed by atoms with E-state index in [0.717, 1.165) is 11.3 Å². The molecule has 1 unspecified atom stereocenters. The van der Waals surface area contributed by atoms with Gasteiger partial charge in [0.15, 0.2) is 0 Å². The summed E-state index contributed by atoms with van der Waals surface area (Å²) in [6.07, 6.45) is 4.97. The van der Waals surface area contributed by atoms with Gasteiger partial charge in [0.2, 0.25) is 5.91 Å². The van der Waals surface area contributed by atoms with Crippen molar-refractivity contribution in [2.24, 2.45) is 5.92 Å². The van der Waals surface area contributed by atoms with Gasteiger partial charge in [-0.05, 0) is 25.0 Å². The highest BCUT2D eigenvalue weighted by Crippen LogP contribution is 2.26. The zero-order valence-electron chi connectivity index (χ0n) is 12.6. The maximum atomic E-state index is 12.2. The number of carbonyl (C=O) groups excluding carboxylic acids is 1.